The van der Waals surface area contributed by atoms with Crippen LogP contribution in [0.4, 0.5) is 17.6 Å². The smallest absolute Gasteiger partial charge is 0.356 e. The number of rotatable bonds is 4. The van der Waals surface area contributed by atoms with Crippen molar-refractivity contribution in [2.75, 3.05) is 6.61 Å². The average molecular weight is 397 g/mol. The van der Waals surface area contributed by atoms with Crippen LogP contribution >= 0.6 is 0 Å². The third kappa shape index (κ3) is 4.28. The fourth-order valence-electron chi connectivity index (χ4n) is 2.82. The van der Waals surface area contributed by atoms with Gasteiger partial charge >= 0.3 is 6.18 Å². The summed E-state index contributed by atoms with van der Waals surface area (Å²) in [7, 11) is 0. The number of amides is 2. The van der Waals surface area contributed by atoms with Gasteiger partial charge in [-0.2, -0.15) is 13.2 Å². The topological polar surface area (TPSA) is 80.3 Å². The lowest BCUT2D eigenvalue weighted by Gasteiger charge is -2.31. The number of aromatic nitrogens is 1. The van der Waals surface area contributed by atoms with Gasteiger partial charge in [-0.1, -0.05) is 18.2 Å². The van der Waals surface area contributed by atoms with Gasteiger partial charge in [0.05, 0.1) is 11.6 Å². The predicted molar refractivity (Wildman–Crippen MR) is 88.1 cm³/mol. The molecule has 1 aliphatic heterocycles. The summed E-state index contributed by atoms with van der Waals surface area (Å²) in [6.45, 7) is -0.824. The van der Waals surface area contributed by atoms with E-state index in [9.17, 15) is 27.2 Å². The molecule has 2 amide bonds. The van der Waals surface area contributed by atoms with Crippen molar-refractivity contribution in [3.63, 3.8) is 0 Å². The molecule has 0 unspecified atom stereocenters. The summed E-state index contributed by atoms with van der Waals surface area (Å²) < 4.78 is 57.8. The molecule has 28 heavy (non-hydrogen) atoms. The first-order valence-electron chi connectivity index (χ1n) is 8.20. The zero-order chi connectivity index (χ0) is 20.3. The Morgan fingerprint density at radius 3 is 2.75 bits per heavy atom. The van der Waals surface area contributed by atoms with Crippen LogP contribution in [0.1, 0.15) is 22.7 Å². The summed E-state index contributed by atoms with van der Waals surface area (Å²) in [5.74, 6) is -2.58. The second-order valence-electron chi connectivity index (χ2n) is 6.06. The van der Waals surface area contributed by atoms with Crippen LogP contribution in [-0.2, 0) is 27.0 Å². The lowest BCUT2D eigenvalue weighted by atomic mass is 10.0. The van der Waals surface area contributed by atoms with Crippen molar-refractivity contribution in [2.24, 2.45) is 0 Å². The first-order valence-corrected chi connectivity index (χ1v) is 8.20. The van der Waals surface area contributed by atoms with Gasteiger partial charge in [-0.25, -0.2) is 4.39 Å². The molecular formula is C18H15F4N3O3. The Hall–Kier alpha value is -3.01. The molecule has 0 aliphatic carbocycles. The van der Waals surface area contributed by atoms with Crippen molar-refractivity contribution < 1.29 is 31.9 Å². The molecule has 2 aromatic rings. The maximum absolute atomic E-state index is 14.1. The monoisotopic (exact) mass is 397 g/mol. The molecule has 1 aromatic carbocycles. The number of carbonyl (C=O) groups excluding carboxylic acids is 2. The van der Waals surface area contributed by atoms with Crippen molar-refractivity contribution in [3.05, 3.63) is 65.2 Å². The molecule has 3 rings (SSSR count). The minimum absolute atomic E-state index is 0.319. The number of morpholine rings is 1. The maximum atomic E-state index is 14.1. The summed E-state index contributed by atoms with van der Waals surface area (Å²) in [6.07, 6.45) is -3.02. The summed E-state index contributed by atoms with van der Waals surface area (Å²) in [6, 6.07) is 5.25. The number of hydrogen-bond donors (Lipinski definition) is 2. The lowest BCUT2D eigenvalue weighted by molar-refractivity contribution is -0.148. The third-order valence-electron chi connectivity index (χ3n) is 4.15. The molecule has 1 aromatic heterocycles. The SMILES string of the molecule is O=C1CO[C@H](C(=O)NCc2cccc(C(F)(F)F)c2F)[C@@H](c2cccnc2)N1. The molecule has 6 nitrogen and oxygen atoms in total. The van der Waals surface area contributed by atoms with E-state index in [-0.39, 0.29) is 12.2 Å². The van der Waals surface area contributed by atoms with Gasteiger partial charge in [-0.3, -0.25) is 14.6 Å². The number of alkyl halides is 3. The van der Waals surface area contributed by atoms with Gasteiger partial charge in [0, 0.05) is 24.5 Å². The predicted octanol–water partition coefficient (Wildman–Crippen LogP) is 2.11. The van der Waals surface area contributed by atoms with Crippen molar-refractivity contribution in [2.45, 2.75) is 24.9 Å². The molecule has 1 fully saturated rings. The minimum Gasteiger partial charge on any atom is -0.356 e. The van der Waals surface area contributed by atoms with Gasteiger partial charge in [0.25, 0.3) is 5.91 Å². The van der Waals surface area contributed by atoms with Gasteiger partial charge in [-0.15, -0.1) is 0 Å². The van der Waals surface area contributed by atoms with Crippen molar-refractivity contribution in [3.8, 4) is 0 Å². The molecule has 2 N–H and O–H groups in total. The van der Waals surface area contributed by atoms with Crippen LogP contribution < -0.4 is 10.6 Å². The fourth-order valence-corrected chi connectivity index (χ4v) is 2.82. The molecule has 0 saturated carbocycles. The first-order chi connectivity index (χ1) is 13.3. The fraction of sp³-hybridized carbons (Fsp3) is 0.278. The maximum Gasteiger partial charge on any atom is 0.419 e. The first kappa shape index (κ1) is 19.7. The average Bonchev–Trinajstić information content (AvgIpc) is 2.66. The zero-order valence-corrected chi connectivity index (χ0v) is 14.3. The van der Waals surface area contributed by atoms with Gasteiger partial charge in [-0.05, 0) is 17.7 Å². The van der Waals surface area contributed by atoms with Crippen LogP contribution in [0.25, 0.3) is 0 Å². The van der Waals surface area contributed by atoms with Crippen LogP contribution in [0.2, 0.25) is 0 Å². The third-order valence-corrected chi connectivity index (χ3v) is 4.15. The second-order valence-corrected chi connectivity index (χ2v) is 6.06. The van der Waals surface area contributed by atoms with E-state index in [4.69, 9.17) is 4.74 Å². The zero-order valence-electron chi connectivity index (χ0n) is 14.3. The highest BCUT2D eigenvalue weighted by molar-refractivity contribution is 5.86. The minimum atomic E-state index is -4.84. The number of halogens is 4. The van der Waals surface area contributed by atoms with E-state index in [1.807, 2.05) is 0 Å². The number of hydrogen-bond acceptors (Lipinski definition) is 4. The Bertz CT molecular complexity index is 874. The summed E-state index contributed by atoms with van der Waals surface area (Å²) in [4.78, 5) is 28.1. The van der Waals surface area contributed by atoms with E-state index >= 15 is 0 Å². The van der Waals surface area contributed by atoms with E-state index in [0.29, 0.717) is 11.6 Å². The van der Waals surface area contributed by atoms with Crippen LogP contribution in [-0.4, -0.2) is 29.5 Å². The molecular weight excluding hydrogens is 382 g/mol. The Kier molecular flexibility index (Phi) is 5.59. The highest BCUT2D eigenvalue weighted by atomic mass is 19.4. The largest absolute Gasteiger partial charge is 0.419 e. The molecule has 0 radical (unpaired) electrons. The van der Waals surface area contributed by atoms with Gasteiger partial charge < -0.3 is 15.4 Å². The Balaban J connectivity index is 1.74. The van der Waals surface area contributed by atoms with E-state index in [1.54, 1.807) is 12.1 Å². The van der Waals surface area contributed by atoms with Crippen LogP contribution in [0.15, 0.2) is 42.7 Å². The molecule has 10 heteroatoms. The van der Waals surface area contributed by atoms with E-state index in [0.717, 1.165) is 12.1 Å². The summed E-state index contributed by atoms with van der Waals surface area (Å²) in [5.41, 5.74) is -1.21. The number of pyridine rings is 1. The number of benzene rings is 1. The second kappa shape index (κ2) is 7.93. The van der Waals surface area contributed by atoms with Crippen molar-refractivity contribution in [1.29, 1.82) is 0 Å². The summed E-state index contributed by atoms with van der Waals surface area (Å²) in [5, 5.41) is 4.97. The molecule has 1 saturated heterocycles. The van der Waals surface area contributed by atoms with E-state index in [1.165, 1.54) is 12.4 Å². The van der Waals surface area contributed by atoms with Crippen molar-refractivity contribution >= 4 is 11.8 Å². The molecule has 1 aliphatic rings. The number of ether oxygens (including phenoxy) is 1. The van der Waals surface area contributed by atoms with Crippen molar-refractivity contribution in [1.82, 2.24) is 15.6 Å². The van der Waals surface area contributed by atoms with E-state index in [2.05, 4.69) is 15.6 Å². The van der Waals surface area contributed by atoms with Crippen LogP contribution in [0, 0.1) is 5.82 Å². The number of nitrogens with zero attached hydrogens (tertiary/aromatic N) is 1. The summed E-state index contributed by atoms with van der Waals surface area (Å²) >= 11 is 0. The number of nitrogens with one attached hydrogen (secondary N) is 2. The highest BCUT2D eigenvalue weighted by Gasteiger charge is 2.37. The molecule has 2 atom stereocenters. The van der Waals surface area contributed by atoms with Gasteiger partial charge in [0.2, 0.25) is 5.91 Å². The van der Waals surface area contributed by atoms with Gasteiger partial charge in [0.1, 0.15) is 12.4 Å². The normalized spacial score (nSPS) is 19.8. The molecule has 2 heterocycles. The number of carbonyl (C=O) groups is 2. The van der Waals surface area contributed by atoms with Crippen LogP contribution in [0.3, 0.4) is 0 Å². The molecule has 148 valence electrons. The quantitative estimate of drug-likeness (QED) is 0.775. The molecule has 0 bridgehead atoms. The van der Waals surface area contributed by atoms with E-state index < -0.39 is 48.1 Å². The van der Waals surface area contributed by atoms with Gasteiger partial charge in [0.15, 0.2) is 6.10 Å². The molecule has 0 spiro atoms. The Morgan fingerprint density at radius 2 is 2.07 bits per heavy atom. The Morgan fingerprint density at radius 1 is 1.29 bits per heavy atom. The van der Waals surface area contributed by atoms with Crippen LogP contribution in [0.5, 0.6) is 0 Å². The highest BCUT2D eigenvalue weighted by Crippen LogP contribution is 2.32. The lowest BCUT2D eigenvalue weighted by Crippen LogP contribution is -2.52. The Labute approximate surface area is 156 Å². The standard InChI is InChI=1S/C18H15F4N3O3/c19-14-10(3-1-5-12(14)18(20,21)22)8-24-17(27)16-15(25-13(26)9-28-16)11-4-2-6-23-7-11/h1-7,15-16H,8-9H2,(H,24,27)(H,25,26)/t15-,16+/m1/s1.